The topological polar surface area (TPSA) is 85.6 Å². The highest BCUT2D eigenvalue weighted by Gasteiger charge is 2.27. The first kappa shape index (κ1) is 16.0. The van der Waals surface area contributed by atoms with Gasteiger partial charge >= 0.3 is 5.97 Å². The lowest BCUT2D eigenvalue weighted by atomic mass is 9.96. The molecule has 0 unspecified atom stereocenters. The molecule has 1 saturated carbocycles. The minimum Gasteiger partial charge on any atom is -0.459 e. The number of ketones is 1. The monoisotopic (exact) mass is 327 g/mol. The number of esters is 1. The number of para-hydroxylation sites is 1. The molecule has 0 saturated heterocycles. The fourth-order valence-corrected chi connectivity index (χ4v) is 2.63. The Hall–Kier alpha value is -2.89. The number of hydrogen-bond donors (Lipinski definition) is 1. The molecule has 1 aliphatic carbocycles. The van der Waals surface area contributed by atoms with Crippen LogP contribution in [0.15, 0.2) is 47.1 Å². The number of amides is 1. The molecule has 2 aromatic rings. The van der Waals surface area contributed by atoms with E-state index in [2.05, 4.69) is 5.32 Å². The fourth-order valence-electron chi connectivity index (χ4n) is 2.63. The molecule has 0 bridgehead atoms. The Morgan fingerprint density at radius 1 is 1.12 bits per heavy atom. The van der Waals surface area contributed by atoms with Gasteiger partial charge in [-0.1, -0.05) is 12.1 Å². The third-order valence-electron chi connectivity index (χ3n) is 3.89. The van der Waals surface area contributed by atoms with Crippen molar-refractivity contribution in [2.45, 2.75) is 31.8 Å². The van der Waals surface area contributed by atoms with Crippen molar-refractivity contribution in [1.82, 2.24) is 0 Å². The highest BCUT2D eigenvalue weighted by molar-refractivity contribution is 6.07. The van der Waals surface area contributed by atoms with Crippen molar-refractivity contribution < 1.29 is 23.5 Å². The molecule has 6 heteroatoms. The number of hydrogen-bond acceptors (Lipinski definition) is 5. The zero-order valence-corrected chi connectivity index (χ0v) is 13.0. The number of rotatable bonds is 4. The Bertz CT molecular complexity index is 751. The van der Waals surface area contributed by atoms with E-state index in [4.69, 9.17) is 9.15 Å². The van der Waals surface area contributed by atoms with Crippen molar-refractivity contribution in [3.8, 4) is 0 Å². The van der Waals surface area contributed by atoms with E-state index in [1.54, 1.807) is 30.3 Å². The summed E-state index contributed by atoms with van der Waals surface area (Å²) < 4.78 is 10.4. The molecule has 1 N–H and O–H groups in total. The molecule has 1 fully saturated rings. The van der Waals surface area contributed by atoms with Gasteiger partial charge in [0.25, 0.3) is 5.91 Å². The standard InChI is InChI=1S/C18H17NO5/c20-14-8-3-4-9-15(14)24-18(22)12-6-1-2-7-13(12)19-17(21)16-10-5-11-23-16/h1-2,5-7,10-11,15H,3-4,8-9H2,(H,19,21)/t15-/m0/s1. The Labute approximate surface area is 138 Å². The van der Waals surface area contributed by atoms with Crippen LogP contribution in [0.5, 0.6) is 0 Å². The van der Waals surface area contributed by atoms with Gasteiger partial charge in [0.15, 0.2) is 17.6 Å². The van der Waals surface area contributed by atoms with Gasteiger partial charge in [-0.3, -0.25) is 9.59 Å². The van der Waals surface area contributed by atoms with Gasteiger partial charge in [0.2, 0.25) is 0 Å². The third-order valence-corrected chi connectivity index (χ3v) is 3.89. The number of ether oxygens (including phenoxy) is 1. The number of anilines is 1. The smallest absolute Gasteiger partial charge is 0.340 e. The minimum atomic E-state index is -0.694. The van der Waals surface area contributed by atoms with E-state index in [0.717, 1.165) is 12.8 Å². The largest absolute Gasteiger partial charge is 0.459 e. The summed E-state index contributed by atoms with van der Waals surface area (Å²) >= 11 is 0. The van der Waals surface area contributed by atoms with Crippen LogP contribution in [0.25, 0.3) is 0 Å². The van der Waals surface area contributed by atoms with Crippen molar-refractivity contribution in [2.24, 2.45) is 0 Å². The van der Waals surface area contributed by atoms with Gasteiger partial charge in [-0.05, 0) is 43.5 Å². The van der Waals surface area contributed by atoms with Crippen LogP contribution in [0.1, 0.15) is 46.6 Å². The normalized spacial score (nSPS) is 17.3. The zero-order chi connectivity index (χ0) is 16.9. The van der Waals surface area contributed by atoms with Crippen LogP contribution in [0.2, 0.25) is 0 Å². The second-order valence-corrected chi connectivity index (χ2v) is 5.58. The second-order valence-electron chi connectivity index (χ2n) is 5.58. The first-order chi connectivity index (χ1) is 11.6. The molecule has 0 radical (unpaired) electrons. The molecule has 0 aliphatic heterocycles. The Kier molecular flexibility index (Phi) is 4.74. The SMILES string of the molecule is O=C(Nc1ccccc1C(=O)O[C@H]1CCCCC1=O)c1ccco1. The predicted octanol–water partition coefficient (Wildman–Crippen LogP) is 3.20. The van der Waals surface area contributed by atoms with Crippen molar-refractivity contribution >= 4 is 23.3 Å². The van der Waals surface area contributed by atoms with Crippen LogP contribution in [0.4, 0.5) is 5.69 Å². The summed E-state index contributed by atoms with van der Waals surface area (Å²) in [6.45, 7) is 0. The quantitative estimate of drug-likeness (QED) is 0.872. The maximum Gasteiger partial charge on any atom is 0.340 e. The summed E-state index contributed by atoms with van der Waals surface area (Å²) in [6.07, 6.45) is 3.38. The maximum absolute atomic E-state index is 12.4. The second kappa shape index (κ2) is 7.12. The van der Waals surface area contributed by atoms with E-state index in [9.17, 15) is 14.4 Å². The van der Waals surface area contributed by atoms with E-state index in [1.165, 1.54) is 12.3 Å². The number of furan rings is 1. The molecule has 124 valence electrons. The van der Waals surface area contributed by atoms with E-state index in [1.807, 2.05) is 0 Å². The van der Waals surface area contributed by atoms with Gasteiger partial charge in [0.05, 0.1) is 17.5 Å². The summed E-state index contributed by atoms with van der Waals surface area (Å²) in [5.41, 5.74) is 0.517. The Balaban J connectivity index is 1.74. The van der Waals surface area contributed by atoms with Crippen LogP contribution in [-0.4, -0.2) is 23.8 Å². The average Bonchev–Trinajstić information content (AvgIpc) is 3.12. The fraction of sp³-hybridized carbons (Fsp3) is 0.278. The van der Waals surface area contributed by atoms with E-state index >= 15 is 0 Å². The van der Waals surface area contributed by atoms with E-state index in [0.29, 0.717) is 18.5 Å². The number of carbonyl (C=O) groups excluding carboxylic acids is 3. The van der Waals surface area contributed by atoms with Crippen molar-refractivity contribution in [3.05, 3.63) is 54.0 Å². The van der Waals surface area contributed by atoms with Crippen molar-refractivity contribution in [1.29, 1.82) is 0 Å². The molecule has 1 heterocycles. The van der Waals surface area contributed by atoms with Gasteiger partial charge in [-0.2, -0.15) is 0 Å². The summed E-state index contributed by atoms with van der Waals surface area (Å²) in [6, 6.07) is 9.64. The molecule has 24 heavy (non-hydrogen) atoms. The van der Waals surface area contributed by atoms with E-state index < -0.39 is 18.0 Å². The first-order valence-electron chi connectivity index (χ1n) is 7.83. The number of carbonyl (C=O) groups is 3. The van der Waals surface area contributed by atoms with Crippen LogP contribution >= 0.6 is 0 Å². The van der Waals surface area contributed by atoms with Crippen LogP contribution in [0.3, 0.4) is 0 Å². The Morgan fingerprint density at radius 2 is 1.96 bits per heavy atom. The van der Waals surface area contributed by atoms with Crippen molar-refractivity contribution in [2.75, 3.05) is 5.32 Å². The van der Waals surface area contributed by atoms with Crippen LogP contribution in [-0.2, 0) is 9.53 Å². The molecule has 1 aliphatic rings. The van der Waals surface area contributed by atoms with Gasteiger partial charge < -0.3 is 14.5 Å². The maximum atomic E-state index is 12.4. The number of benzene rings is 1. The molecular weight excluding hydrogens is 310 g/mol. The summed E-state index contributed by atoms with van der Waals surface area (Å²) in [5.74, 6) is -0.994. The van der Waals surface area contributed by atoms with Gasteiger partial charge in [-0.15, -0.1) is 0 Å². The van der Waals surface area contributed by atoms with Crippen LogP contribution < -0.4 is 5.32 Å². The molecule has 1 aromatic carbocycles. The summed E-state index contributed by atoms with van der Waals surface area (Å²) in [5, 5.41) is 2.62. The minimum absolute atomic E-state index is 0.0493. The van der Waals surface area contributed by atoms with Gasteiger partial charge in [-0.25, -0.2) is 4.79 Å². The zero-order valence-electron chi connectivity index (χ0n) is 13.0. The molecule has 0 spiro atoms. The van der Waals surface area contributed by atoms with Gasteiger partial charge in [0, 0.05) is 6.42 Å². The average molecular weight is 327 g/mol. The molecule has 6 nitrogen and oxygen atoms in total. The lowest BCUT2D eigenvalue weighted by molar-refractivity contribution is -0.129. The summed E-state index contributed by atoms with van der Waals surface area (Å²) in [4.78, 5) is 36.3. The highest BCUT2D eigenvalue weighted by atomic mass is 16.5. The number of nitrogens with one attached hydrogen (secondary N) is 1. The van der Waals surface area contributed by atoms with Gasteiger partial charge in [0.1, 0.15) is 0 Å². The van der Waals surface area contributed by atoms with Crippen LogP contribution in [0, 0.1) is 0 Å². The third kappa shape index (κ3) is 3.53. The lowest BCUT2D eigenvalue weighted by Crippen LogP contribution is -2.30. The van der Waals surface area contributed by atoms with E-state index in [-0.39, 0.29) is 17.1 Å². The Morgan fingerprint density at radius 3 is 2.71 bits per heavy atom. The molecule has 1 aromatic heterocycles. The predicted molar refractivity (Wildman–Crippen MR) is 85.8 cm³/mol. The molecule has 1 atom stereocenters. The first-order valence-corrected chi connectivity index (χ1v) is 7.83. The highest BCUT2D eigenvalue weighted by Crippen LogP contribution is 2.22. The number of Topliss-reactive ketones (excluding diaryl/α,β-unsaturated/α-hetero) is 1. The molecule has 3 rings (SSSR count). The summed E-state index contributed by atoms with van der Waals surface area (Å²) in [7, 11) is 0. The molecule has 1 amide bonds. The molecular formula is C18H17NO5. The lowest BCUT2D eigenvalue weighted by Gasteiger charge is -2.21. The van der Waals surface area contributed by atoms with Crippen molar-refractivity contribution in [3.63, 3.8) is 0 Å².